The lowest BCUT2D eigenvalue weighted by molar-refractivity contribution is -0.142. The van der Waals surface area contributed by atoms with Crippen LogP contribution in [0.4, 0.5) is 0 Å². The fourth-order valence-electron chi connectivity index (χ4n) is 3.11. The topological polar surface area (TPSA) is 105 Å². The summed E-state index contributed by atoms with van der Waals surface area (Å²) in [6.07, 6.45) is 1.63. The zero-order valence-corrected chi connectivity index (χ0v) is 18.5. The number of para-hydroxylation sites is 1. The van der Waals surface area contributed by atoms with Crippen molar-refractivity contribution in [2.45, 2.75) is 30.8 Å². The van der Waals surface area contributed by atoms with Gasteiger partial charge in [-0.05, 0) is 31.2 Å². The van der Waals surface area contributed by atoms with Gasteiger partial charge in [0.15, 0.2) is 5.16 Å². The number of esters is 1. The molecule has 0 aliphatic heterocycles. The molecule has 0 spiro atoms. The molecule has 1 aromatic carbocycles. The molecule has 0 fully saturated rings. The van der Waals surface area contributed by atoms with Crippen molar-refractivity contribution in [1.82, 2.24) is 19.9 Å². The predicted molar refractivity (Wildman–Crippen MR) is 116 cm³/mol. The lowest BCUT2D eigenvalue weighted by Gasteiger charge is -2.08. The summed E-state index contributed by atoms with van der Waals surface area (Å²) in [5, 5.41) is 13.3. The number of carbonyl (C=O) groups is 1. The highest BCUT2D eigenvalue weighted by atomic mass is 32.2. The number of ether oxygens (including phenoxy) is 2. The number of carbonyl (C=O) groups excluding carboxylic acids is 1. The van der Waals surface area contributed by atoms with Gasteiger partial charge in [-0.1, -0.05) is 29.1 Å². The van der Waals surface area contributed by atoms with Crippen LogP contribution in [0.25, 0.3) is 11.3 Å². The van der Waals surface area contributed by atoms with Gasteiger partial charge in [-0.15, -0.1) is 10.2 Å². The summed E-state index contributed by atoms with van der Waals surface area (Å²) >= 11 is 1.43. The molecular weight excluding hydrogens is 432 g/mol. The van der Waals surface area contributed by atoms with Crippen LogP contribution in [-0.2, 0) is 28.2 Å². The third kappa shape index (κ3) is 5.02. The van der Waals surface area contributed by atoms with Gasteiger partial charge >= 0.3 is 5.97 Å². The van der Waals surface area contributed by atoms with E-state index in [1.54, 1.807) is 20.3 Å². The molecular formula is C22H22N4O5S. The van der Waals surface area contributed by atoms with Gasteiger partial charge in [0.2, 0.25) is 0 Å². The molecule has 4 rings (SSSR count). The van der Waals surface area contributed by atoms with E-state index in [1.165, 1.54) is 11.8 Å². The molecule has 0 bridgehead atoms. The second kappa shape index (κ2) is 10.2. The highest BCUT2D eigenvalue weighted by molar-refractivity contribution is 7.98. The minimum atomic E-state index is -0.353. The molecule has 0 saturated heterocycles. The monoisotopic (exact) mass is 454 g/mol. The molecule has 0 aliphatic rings. The van der Waals surface area contributed by atoms with Crippen LogP contribution in [-0.4, -0.2) is 39.6 Å². The summed E-state index contributed by atoms with van der Waals surface area (Å²) in [5.74, 6) is 2.77. The van der Waals surface area contributed by atoms with E-state index in [1.807, 2.05) is 47.0 Å². The highest BCUT2D eigenvalue weighted by Crippen LogP contribution is 2.31. The SMILES string of the molecule is CCOC(=O)Cc1nnc(SCc2cc(-c3ccccc3OC)no2)n1Cc1ccco1. The van der Waals surface area contributed by atoms with E-state index in [-0.39, 0.29) is 12.4 Å². The summed E-state index contributed by atoms with van der Waals surface area (Å²) in [7, 11) is 1.62. The number of hydrogen-bond acceptors (Lipinski definition) is 9. The average molecular weight is 455 g/mol. The Labute approximate surface area is 188 Å². The van der Waals surface area contributed by atoms with Crippen molar-refractivity contribution < 1.29 is 23.2 Å². The first kappa shape index (κ1) is 21.7. The van der Waals surface area contributed by atoms with Crippen molar-refractivity contribution >= 4 is 17.7 Å². The van der Waals surface area contributed by atoms with E-state index >= 15 is 0 Å². The van der Waals surface area contributed by atoms with Gasteiger partial charge in [-0.25, -0.2) is 0 Å². The number of nitrogens with zero attached hydrogens (tertiary/aromatic N) is 4. The standard InChI is InChI=1S/C22H22N4O5S/c1-3-29-21(27)12-20-23-24-22(26(20)13-15-7-6-10-30-15)32-14-16-11-18(25-31-16)17-8-4-5-9-19(17)28-2/h4-11H,3,12-14H2,1-2H3. The van der Waals surface area contributed by atoms with Crippen LogP contribution in [0.3, 0.4) is 0 Å². The quantitative estimate of drug-likeness (QED) is 0.260. The molecule has 9 nitrogen and oxygen atoms in total. The Kier molecular flexibility index (Phi) is 6.90. The molecule has 0 aliphatic carbocycles. The van der Waals surface area contributed by atoms with Crippen LogP contribution in [0, 0.1) is 0 Å². The first-order valence-corrected chi connectivity index (χ1v) is 11.0. The van der Waals surface area contributed by atoms with Crippen molar-refractivity contribution in [3.05, 3.63) is 66.1 Å². The smallest absolute Gasteiger partial charge is 0.313 e. The van der Waals surface area contributed by atoms with E-state index in [2.05, 4.69) is 15.4 Å². The van der Waals surface area contributed by atoms with E-state index in [0.717, 1.165) is 17.1 Å². The molecule has 0 amide bonds. The Bertz CT molecular complexity index is 1170. The zero-order chi connectivity index (χ0) is 22.3. The van der Waals surface area contributed by atoms with Gasteiger partial charge in [0, 0.05) is 11.6 Å². The van der Waals surface area contributed by atoms with Gasteiger partial charge in [0.25, 0.3) is 0 Å². The third-order valence-electron chi connectivity index (χ3n) is 4.58. The van der Waals surface area contributed by atoms with Crippen LogP contribution >= 0.6 is 11.8 Å². The summed E-state index contributed by atoms with van der Waals surface area (Å²) < 4.78 is 23.3. The van der Waals surface area contributed by atoms with E-state index in [0.29, 0.717) is 41.3 Å². The normalized spacial score (nSPS) is 10.9. The van der Waals surface area contributed by atoms with Gasteiger partial charge in [-0.3, -0.25) is 9.36 Å². The molecule has 0 radical (unpaired) electrons. The number of hydrogen-bond donors (Lipinski definition) is 0. The van der Waals surface area contributed by atoms with E-state index in [4.69, 9.17) is 18.4 Å². The van der Waals surface area contributed by atoms with Crippen molar-refractivity contribution in [3.63, 3.8) is 0 Å². The van der Waals surface area contributed by atoms with Crippen molar-refractivity contribution in [1.29, 1.82) is 0 Å². The minimum Gasteiger partial charge on any atom is -0.496 e. The van der Waals surface area contributed by atoms with Gasteiger partial charge in [-0.2, -0.15) is 0 Å². The van der Waals surface area contributed by atoms with Crippen molar-refractivity contribution in [2.24, 2.45) is 0 Å². The maximum absolute atomic E-state index is 12.0. The molecule has 32 heavy (non-hydrogen) atoms. The number of furan rings is 1. The first-order valence-electron chi connectivity index (χ1n) is 9.99. The van der Waals surface area contributed by atoms with Crippen LogP contribution in [0.15, 0.2) is 62.8 Å². The second-order valence-electron chi connectivity index (χ2n) is 6.71. The lowest BCUT2D eigenvalue weighted by atomic mass is 10.1. The maximum atomic E-state index is 12.0. The Morgan fingerprint density at radius 2 is 2.03 bits per heavy atom. The Morgan fingerprint density at radius 3 is 2.81 bits per heavy atom. The highest BCUT2D eigenvalue weighted by Gasteiger charge is 2.19. The second-order valence-corrected chi connectivity index (χ2v) is 7.66. The maximum Gasteiger partial charge on any atom is 0.313 e. The molecule has 0 unspecified atom stereocenters. The van der Waals surface area contributed by atoms with Crippen LogP contribution < -0.4 is 4.74 Å². The van der Waals surface area contributed by atoms with Gasteiger partial charge < -0.3 is 18.4 Å². The summed E-state index contributed by atoms with van der Waals surface area (Å²) in [5.41, 5.74) is 1.55. The minimum absolute atomic E-state index is 0.0301. The molecule has 0 N–H and O–H groups in total. The summed E-state index contributed by atoms with van der Waals surface area (Å²) in [6, 6.07) is 13.2. The number of rotatable bonds is 10. The summed E-state index contributed by atoms with van der Waals surface area (Å²) in [6.45, 7) is 2.48. The van der Waals surface area contributed by atoms with Crippen LogP contribution in [0.5, 0.6) is 5.75 Å². The molecule has 3 heterocycles. The number of thioether (sulfide) groups is 1. The zero-order valence-electron chi connectivity index (χ0n) is 17.7. The number of methoxy groups -OCH3 is 1. The molecule has 0 atom stereocenters. The first-order chi connectivity index (χ1) is 15.7. The largest absolute Gasteiger partial charge is 0.496 e. The number of aromatic nitrogens is 4. The fraction of sp³-hybridized carbons (Fsp3) is 0.273. The van der Waals surface area contributed by atoms with Crippen molar-refractivity contribution in [3.8, 4) is 17.0 Å². The fourth-order valence-corrected chi connectivity index (χ4v) is 3.95. The molecule has 3 aromatic heterocycles. The van der Waals surface area contributed by atoms with Crippen molar-refractivity contribution in [2.75, 3.05) is 13.7 Å². The predicted octanol–water partition coefficient (Wildman–Crippen LogP) is 3.98. The Morgan fingerprint density at radius 1 is 1.16 bits per heavy atom. The molecule has 10 heteroatoms. The molecule has 0 saturated carbocycles. The molecule has 166 valence electrons. The molecule has 4 aromatic rings. The Hall–Kier alpha value is -3.53. The van der Waals surface area contributed by atoms with E-state index in [9.17, 15) is 4.79 Å². The third-order valence-corrected chi connectivity index (χ3v) is 5.57. The number of benzene rings is 1. The van der Waals surface area contributed by atoms with Crippen LogP contribution in [0.2, 0.25) is 0 Å². The van der Waals surface area contributed by atoms with Gasteiger partial charge in [0.1, 0.15) is 35.2 Å². The van der Waals surface area contributed by atoms with E-state index < -0.39 is 0 Å². The van der Waals surface area contributed by atoms with Crippen LogP contribution in [0.1, 0.15) is 24.3 Å². The Balaban J connectivity index is 1.51. The average Bonchev–Trinajstić information content (AvgIpc) is 3.56. The lowest BCUT2D eigenvalue weighted by Crippen LogP contribution is -2.13. The summed E-state index contributed by atoms with van der Waals surface area (Å²) in [4.78, 5) is 12.0. The van der Waals surface area contributed by atoms with Gasteiger partial charge in [0.05, 0.1) is 32.3 Å².